The van der Waals surface area contributed by atoms with E-state index in [2.05, 4.69) is 14.1 Å². The van der Waals surface area contributed by atoms with E-state index < -0.39 is 29.4 Å². The summed E-state index contributed by atoms with van der Waals surface area (Å²) in [6.45, 7) is 0. The molecule has 0 bridgehead atoms. The number of carbonyl (C=O) groups is 1. The van der Waals surface area contributed by atoms with Crippen LogP contribution in [0, 0.1) is 0 Å². The first-order valence-electron chi connectivity index (χ1n) is 5.27. The highest BCUT2D eigenvalue weighted by atomic mass is 32.2. The zero-order valence-electron chi connectivity index (χ0n) is 9.64. The van der Waals surface area contributed by atoms with Crippen LogP contribution in [-0.4, -0.2) is 35.8 Å². The summed E-state index contributed by atoms with van der Waals surface area (Å²) in [4.78, 5) is 11.1. The number of methoxy groups -OCH3 is 1. The van der Waals surface area contributed by atoms with Gasteiger partial charge in [0.2, 0.25) is 0 Å². The zero-order valence-corrected chi connectivity index (χ0v) is 10.5. The minimum atomic E-state index is -3.93. The molecule has 1 aliphatic rings. The van der Waals surface area contributed by atoms with Gasteiger partial charge in [-0.1, -0.05) is 5.04 Å². The largest absolute Gasteiger partial charge is 0.457 e. The van der Waals surface area contributed by atoms with Crippen molar-refractivity contribution in [2.75, 3.05) is 7.11 Å². The van der Waals surface area contributed by atoms with Crippen molar-refractivity contribution in [3.8, 4) is 0 Å². The highest BCUT2D eigenvalue weighted by Crippen LogP contribution is 2.33. The summed E-state index contributed by atoms with van der Waals surface area (Å²) in [6, 6.07) is 0. The Morgan fingerprint density at radius 2 is 1.83 bits per heavy atom. The highest BCUT2D eigenvalue weighted by molar-refractivity contribution is 7.96. The molecule has 106 valence electrons. The minimum Gasteiger partial charge on any atom is -0.457 e. The summed E-state index contributed by atoms with van der Waals surface area (Å²) in [5, 5.41) is 6.82. The molecule has 9 heteroatoms. The average Bonchev–Trinajstić information content (AvgIpc) is 2.37. The topological polar surface area (TPSA) is 74.2 Å². The van der Waals surface area contributed by atoms with Crippen LogP contribution >= 0.6 is 12.0 Å². The van der Waals surface area contributed by atoms with Crippen molar-refractivity contribution in [1.29, 1.82) is 0 Å². The van der Waals surface area contributed by atoms with Crippen LogP contribution in [0.4, 0.5) is 8.78 Å². The fraction of sp³-hybridized carbons (Fsp3) is 0.889. The molecule has 0 unspecified atom stereocenters. The molecule has 0 heterocycles. The van der Waals surface area contributed by atoms with Gasteiger partial charge in [-0.05, 0) is 25.7 Å². The summed E-state index contributed by atoms with van der Waals surface area (Å²) in [5.74, 6) is -1.72. The average molecular weight is 288 g/mol. The molecule has 0 aromatic carbocycles. The Morgan fingerprint density at radius 3 is 2.33 bits per heavy atom. The molecule has 1 N–H and O–H groups in total. The maximum atomic E-state index is 13.0. The molecule has 0 atom stereocenters. The number of halogens is 2. The lowest BCUT2D eigenvalue weighted by atomic mass is 9.95. The lowest BCUT2D eigenvalue weighted by Gasteiger charge is -2.28. The maximum Gasteiger partial charge on any atom is 0.415 e. The van der Waals surface area contributed by atoms with E-state index >= 15 is 0 Å². The Morgan fingerprint density at radius 1 is 1.28 bits per heavy atom. The first kappa shape index (κ1) is 15.6. The summed E-state index contributed by atoms with van der Waals surface area (Å²) in [7, 11) is 1.58. The second kappa shape index (κ2) is 7.19. The first-order chi connectivity index (χ1) is 8.49. The molecule has 0 radical (unpaired) electrons. The predicted molar refractivity (Wildman–Crippen MR) is 56.5 cm³/mol. The predicted octanol–water partition coefficient (Wildman–Crippen LogP) is 2.15. The Bertz CT molecular complexity index is 270. The van der Waals surface area contributed by atoms with Gasteiger partial charge in [0.15, 0.2) is 0 Å². The SMILES string of the molecule is COC1CCC(OC(=O)C(F)(F)SOOO)CC1. The van der Waals surface area contributed by atoms with Gasteiger partial charge in [0.1, 0.15) is 18.1 Å². The van der Waals surface area contributed by atoms with E-state index in [1.165, 1.54) is 0 Å². The van der Waals surface area contributed by atoms with E-state index in [-0.39, 0.29) is 6.10 Å². The summed E-state index contributed by atoms with van der Waals surface area (Å²) in [5.41, 5.74) is 0. The van der Waals surface area contributed by atoms with Crippen LogP contribution in [0.25, 0.3) is 0 Å². The molecule has 0 amide bonds. The van der Waals surface area contributed by atoms with E-state index in [4.69, 9.17) is 9.99 Å². The van der Waals surface area contributed by atoms with E-state index in [0.717, 1.165) is 0 Å². The molecule has 18 heavy (non-hydrogen) atoms. The van der Waals surface area contributed by atoms with Gasteiger partial charge in [-0.2, -0.15) is 8.78 Å². The van der Waals surface area contributed by atoms with Crippen molar-refractivity contribution in [2.24, 2.45) is 0 Å². The summed E-state index contributed by atoms with van der Waals surface area (Å²) in [6.07, 6.45) is 1.80. The van der Waals surface area contributed by atoms with Crippen molar-refractivity contribution in [3.63, 3.8) is 0 Å². The second-order valence-corrected chi connectivity index (χ2v) is 4.60. The number of esters is 1. The summed E-state index contributed by atoms with van der Waals surface area (Å²) >= 11 is -0.624. The lowest BCUT2D eigenvalue weighted by molar-refractivity contribution is -0.433. The molecular weight excluding hydrogens is 274 g/mol. The Labute approximate surface area is 107 Å². The Balaban J connectivity index is 2.36. The van der Waals surface area contributed by atoms with Gasteiger partial charge < -0.3 is 9.47 Å². The van der Waals surface area contributed by atoms with Crippen LogP contribution in [0.2, 0.25) is 0 Å². The number of rotatable bonds is 6. The van der Waals surface area contributed by atoms with E-state index in [9.17, 15) is 13.6 Å². The normalized spacial score (nSPS) is 24.9. The quantitative estimate of drug-likeness (QED) is 0.347. The number of carbonyl (C=O) groups excluding carboxylic acids is 1. The van der Waals surface area contributed by atoms with Crippen LogP contribution in [0.5, 0.6) is 0 Å². The molecule has 1 aliphatic carbocycles. The molecule has 1 rings (SSSR count). The number of ether oxygens (including phenoxy) is 2. The van der Waals surface area contributed by atoms with Crippen molar-refractivity contribution in [1.82, 2.24) is 0 Å². The zero-order chi connectivity index (χ0) is 13.6. The Kier molecular flexibility index (Phi) is 6.22. The molecule has 0 aliphatic heterocycles. The van der Waals surface area contributed by atoms with E-state index in [0.29, 0.717) is 25.7 Å². The Hall–Kier alpha value is -0.480. The van der Waals surface area contributed by atoms with Crippen molar-refractivity contribution in [3.05, 3.63) is 0 Å². The highest BCUT2D eigenvalue weighted by Gasteiger charge is 2.45. The van der Waals surface area contributed by atoms with E-state index in [1.807, 2.05) is 0 Å². The molecule has 1 saturated carbocycles. The molecule has 0 aromatic heterocycles. The van der Waals surface area contributed by atoms with E-state index in [1.54, 1.807) is 7.11 Å². The monoisotopic (exact) mass is 288 g/mol. The lowest BCUT2D eigenvalue weighted by Crippen LogP contribution is -2.34. The van der Waals surface area contributed by atoms with Gasteiger partial charge in [0.05, 0.1) is 6.10 Å². The number of hydrogen-bond donors (Lipinski definition) is 1. The number of alkyl halides is 2. The third-order valence-corrected chi connectivity index (χ3v) is 3.14. The first-order valence-corrected chi connectivity index (χ1v) is 6.01. The molecule has 6 nitrogen and oxygen atoms in total. The molecule has 0 saturated heterocycles. The van der Waals surface area contributed by atoms with Gasteiger partial charge in [-0.3, -0.25) is 0 Å². The van der Waals surface area contributed by atoms with Crippen LogP contribution < -0.4 is 0 Å². The molecule has 1 fully saturated rings. The molecule has 0 spiro atoms. The van der Waals surface area contributed by atoms with Crippen molar-refractivity contribution < 1.29 is 37.7 Å². The molecular formula is C9H14F2O6S. The second-order valence-electron chi connectivity index (χ2n) is 3.78. The standard InChI is InChI=1S/C9H14F2O6S/c1-14-6-2-4-7(5-3-6)15-8(12)9(10,11)18-17-16-13/h6-7,13H,2-5H2,1H3. The fourth-order valence-corrected chi connectivity index (χ4v) is 1.93. The van der Waals surface area contributed by atoms with Gasteiger partial charge in [-0.25, -0.2) is 10.1 Å². The van der Waals surface area contributed by atoms with Crippen molar-refractivity contribution >= 4 is 18.0 Å². The third kappa shape index (κ3) is 4.65. The van der Waals surface area contributed by atoms with Crippen LogP contribution in [-0.2, 0) is 23.6 Å². The van der Waals surface area contributed by atoms with Gasteiger partial charge in [0.25, 0.3) is 0 Å². The third-order valence-electron chi connectivity index (χ3n) is 2.64. The van der Waals surface area contributed by atoms with Crippen LogP contribution in [0.15, 0.2) is 0 Å². The number of hydrogen-bond acceptors (Lipinski definition) is 7. The minimum absolute atomic E-state index is 0.0842. The van der Waals surface area contributed by atoms with Gasteiger partial charge in [-0.15, -0.1) is 4.33 Å². The molecule has 0 aromatic rings. The van der Waals surface area contributed by atoms with Crippen LogP contribution in [0.3, 0.4) is 0 Å². The summed E-state index contributed by atoms with van der Waals surface area (Å²) < 4.78 is 39.4. The van der Waals surface area contributed by atoms with Gasteiger partial charge in [0, 0.05) is 7.11 Å². The van der Waals surface area contributed by atoms with Crippen molar-refractivity contribution in [2.45, 2.75) is 43.1 Å². The van der Waals surface area contributed by atoms with Crippen LogP contribution in [0.1, 0.15) is 25.7 Å². The van der Waals surface area contributed by atoms with Gasteiger partial charge >= 0.3 is 11.2 Å². The maximum absolute atomic E-state index is 13.0. The fourth-order valence-electron chi connectivity index (χ4n) is 1.70. The smallest absolute Gasteiger partial charge is 0.415 e.